The van der Waals surface area contributed by atoms with Crippen LogP contribution in [-0.2, 0) is 20.8 Å². The van der Waals surface area contributed by atoms with Crippen LogP contribution >= 0.6 is 11.8 Å². The lowest BCUT2D eigenvalue weighted by atomic mass is 10.0. The molecule has 2 aromatic carbocycles. The lowest BCUT2D eigenvalue weighted by Crippen LogP contribution is -2.39. The Bertz CT molecular complexity index is 834. The molecule has 6 heteroatoms. The van der Waals surface area contributed by atoms with Crippen molar-refractivity contribution in [2.45, 2.75) is 44.9 Å². The van der Waals surface area contributed by atoms with Gasteiger partial charge in [0.1, 0.15) is 5.25 Å². The Balaban J connectivity index is 1.98. The van der Waals surface area contributed by atoms with Crippen LogP contribution in [0, 0.1) is 5.92 Å². The number of hydrogen-bond donors (Lipinski definition) is 2. The Morgan fingerprint density at radius 2 is 1.52 bits per heavy atom. The Kier molecular flexibility index (Phi) is 8.46. The zero-order valence-electron chi connectivity index (χ0n) is 16.9. The van der Waals surface area contributed by atoms with Crippen LogP contribution in [0.4, 0.5) is 0 Å². The fraction of sp³-hybridized carbons (Fsp3) is 0.348. The standard InChI is InChI=1S/C23H27NO4S/c1-15(2)13-21(25)24-16(3)23(28)29-20(22(26)27)14-17-9-11-19(12-10-17)18-7-5-4-6-8-18/h4-12,15-16,20H,13-14H2,1-3H3,(H,24,25)(H,26,27)/t16-,20-/m1/s1. The molecule has 0 aliphatic carbocycles. The lowest BCUT2D eigenvalue weighted by Gasteiger charge is -2.17. The van der Waals surface area contributed by atoms with E-state index in [1.54, 1.807) is 6.92 Å². The van der Waals surface area contributed by atoms with Gasteiger partial charge in [-0.25, -0.2) is 0 Å². The minimum Gasteiger partial charge on any atom is -0.480 e. The second-order valence-electron chi connectivity index (χ2n) is 7.42. The number of nitrogens with one attached hydrogen (secondary N) is 1. The average Bonchev–Trinajstić information content (AvgIpc) is 2.67. The van der Waals surface area contributed by atoms with Crippen LogP contribution in [0.3, 0.4) is 0 Å². The summed E-state index contributed by atoms with van der Waals surface area (Å²) in [7, 11) is 0. The molecule has 0 aromatic heterocycles. The van der Waals surface area contributed by atoms with E-state index >= 15 is 0 Å². The highest BCUT2D eigenvalue weighted by atomic mass is 32.2. The van der Waals surface area contributed by atoms with Crippen molar-refractivity contribution in [3.63, 3.8) is 0 Å². The minimum atomic E-state index is -1.05. The maximum absolute atomic E-state index is 12.4. The number of carbonyl (C=O) groups is 3. The first-order valence-electron chi connectivity index (χ1n) is 9.63. The van der Waals surface area contributed by atoms with Crippen LogP contribution < -0.4 is 5.32 Å². The van der Waals surface area contributed by atoms with Gasteiger partial charge in [-0.1, -0.05) is 80.2 Å². The third kappa shape index (κ3) is 7.38. The van der Waals surface area contributed by atoms with Crippen LogP contribution in [0.2, 0.25) is 0 Å². The predicted octanol–water partition coefficient (Wildman–Crippen LogP) is 4.16. The third-order valence-electron chi connectivity index (χ3n) is 4.34. The normalized spacial score (nSPS) is 13.0. The minimum absolute atomic E-state index is 0.190. The van der Waals surface area contributed by atoms with Crippen LogP contribution in [0.1, 0.15) is 32.8 Å². The molecule has 5 nitrogen and oxygen atoms in total. The van der Waals surface area contributed by atoms with Crippen molar-refractivity contribution in [3.8, 4) is 11.1 Å². The van der Waals surface area contributed by atoms with Gasteiger partial charge in [-0.05, 0) is 36.0 Å². The van der Waals surface area contributed by atoms with Crippen molar-refractivity contribution < 1.29 is 19.5 Å². The first kappa shape index (κ1) is 22.7. The number of carboxylic acids is 1. The largest absolute Gasteiger partial charge is 0.480 e. The van der Waals surface area contributed by atoms with Gasteiger partial charge in [0, 0.05) is 6.42 Å². The average molecular weight is 414 g/mol. The van der Waals surface area contributed by atoms with Gasteiger partial charge in [-0.3, -0.25) is 14.4 Å². The number of aliphatic carboxylic acids is 1. The number of hydrogen-bond acceptors (Lipinski definition) is 4. The Hall–Kier alpha value is -2.60. The molecule has 0 saturated heterocycles. The highest BCUT2D eigenvalue weighted by molar-refractivity contribution is 8.14. The summed E-state index contributed by atoms with van der Waals surface area (Å²) in [4.78, 5) is 35.9. The molecule has 0 heterocycles. The lowest BCUT2D eigenvalue weighted by molar-refractivity contribution is -0.136. The van der Waals surface area contributed by atoms with Gasteiger partial charge < -0.3 is 10.4 Å². The molecule has 0 saturated carbocycles. The SMILES string of the molecule is CC(C)CC(=O)N[C@H](C)C(=O)S[C@H](Cc1ccc(-c2ccccc2)cc1)C(=O)O. The van der Waals surface area contributed by atoms with E-state index in [4.69, 9.17) is 0 Å². The molecule has 0 fully saturated rings. The third-order valence-corrected chi connectivity index (χ3v) is 5.58. The zero-order chi connectivity index (χ0) is 21.4. The number of thioether (sulfide) groups is 1. The monoisotopic (exact) mass is 413 g/mol. The molecule has 0 spiro atoms. The van der Waals surface area contributed by atoms with E-state index in [1.165, 1.54) is 0 Å². The van der Waals surface area contributed by atoms with E-state index in [2.05, 4.69) is 5.32 Å². The van der Waals surface area contributed by atoms with Gasteiger partial charge in [-0.2, -0.15) is 0 Å². The molecule has 2 rings (SSSR count). The molecule has 2 aromatic rings. The number of benzene rings is 2. The molecule has 0 aliphatic heterocycles. The number of amides is 1. The van der Waals surface area contributed by atoms with E-state index in [9.17, 15) is 19.5 Å². The topological polar surface area (TPSA) is 83.5 Å². The van der Waals surface area contributed by atoms with Gasteiger partial charge in [0.05, 0.1) is 6.04 Å². The Morgan fingerprint density at radius 1 is 0.931 bits per heavy atom. The van der Waals surface area contributed by atoms with Crippen molar-refractivity contribution in [1.29, 1.82) is 0 Å². The summed E-state index contributed by atoms with van der Waals surface area (Å²) in [5.41, 5.74) is 2.98. The van der Waals surface area contributed by atoms with Crippen LogP contribution in [-0.4, -0.2) is 33.4 Å². The molecule has 0 bridgehead atoms. The van der Waals surface area contributed by atoms with Crippen molar-refractivity contribution in [2.75, 3.05) is 0 Å². The fourth-order valence-corrected chi connectivity index (χ4v) is 3.75. The molecule has 154 valence electrons. The van der Waals surface area contributed by atoms with Gasteiger partial charge >= 0.3 is 5.97 Å². The number of rotatable bonds is 9. The van der Waals surface area contributed by atoms with Gasteiger partial charge in [0.15, 0.2) is 0 Å². The van der Waals surface area contributed by atoms with Crippen molar-refractivity contribution in [3.05, 3.63) is 60.2 Å². The van der Waals surface area contributed by atoms with E-state index in [1.807, 2.05) is 68.4 Å². The molecular weight excluding hydrogens is 386 g/mol. The van der Waals surface area contributed by atoms with Crippen LogP contribution in [0.5, 0.6) is 0 Å². The van der Waals surface area contributed by atoms with Crippen LogP contribution in [0.25, 0.3) is 11.1 Å². The maximum Gasteiger partial charge on any atom is 0.317 e. The van der Waals surface area contributed by atoms with Gasteiger partial charge in [0.2, 0.25) is 11.0 Å². The first-order valence-corrected chi connectivity index (χ1v) is 10.5. The molecular formula is C23H27NO4S. The molecule has 0 aliphatic rings. The van der Waals surface area contributed by atoms with E-state index in [0.29, 0.717) is 6.42 Å². The van der Waals surface area contributed by atoms with Crippen molar-refractivity contribution >= 4 is 28.8 Å². The zero-order valence-corrected chi connectivity index (χ0v) is 17.7. The fourth-order valence-electron chi connectivity index (χ4n) is 2.83. The van der Waals surface area contributed by atoms with Gasteiger partial charge in [0.25, 0.3) is 0 Å². The second-order valence-corrected chi connectivity index (χ2v) is 8.63. The number of carbonyl (C=O) groups excluding carboxylic acids is 2. The van der Waals surface area contributed by atoms with Crippen LogP contribution in [0.15, 0.2) is 54.6 Å². The summed E-state index contributed by atoms with van der Waals surface area (Å²) in [5.74, 6) is -1.06. The van der Waals surface area contributed by atoms with E-state index in [-0.39, 0.29) is 23.4 Å². The summed E-state index contributed by atoms with van der Waals surface area (Å²) < 4.78 is 0. The molecule has 2 N–H and O–H groups in total. The highest BCUT2D eigenvalue weighted by Crippen LogP contribution is 2.23. The number of carboxylic acid groups (broad SMARTS) is 1. The van der Waals surface area contributed by atoms with E-state index < -0.39 is 17.3 Å². The predicted molar refractivity (Wildman–Crippen MR) is 117 cm³/mol. The molecule has 29 heavy (non-hydrogen) atoms. The maximum atomic E-state index is 12.4. The second kappa shape index (κ2) is 10.8. The summed E-state index contributed by atoms with van der Waals surface area (Å²) in [5, 5.41) is 10.9. The molecule has 0 radical (unpaired) electrons. The smallest absolute Gasteiger partial charge is 0.317 e. The summed E-state index contributed by atoms with van der Waals surface area (Å²) >= 11 is 0.764. The molecule has 2 atom stereocenters. The molecule has 0 unspecified atom stereocenters. The van der Waals surface area contributed by atoms with Gasteiger partial charge in [-0.15, -0.1) is 0 Å². The van der Waals surface area contributed by atoms with E-state index in [0.717, 1.165) is 28.5 Å². The van der Waals surface area contributed by atoms with Crippen molar-refractivity contribution in [2.24, 2.45) is 5.92 Å². The summed E-state index contributed by atoms with van der Waals surface area (Å²) in [6.45, 7) is 5.43. The quantitative estimate of drug-likeness (QED) is 0.645. The molecule has 1 amide bonds. The first-order chi connectivity index (χ1) is 13.8. The van der Waals surface area contributed by atoms with Crippen molar-refractivity contribution in [1.82, 2.24) is 5.32 Å². The summed E-state index contributed by atoms with van der Waals surface area (Å²) in [6.07, 6.45) is 0.561. The Labute approximate surface area is 175 Å². The Morgan fingerprint density at radius 3 is 2.07 bits per heavy atom. The summed E-state index contributed by atoms with van der Waals surface area (Å²) in [6, 6.07) is 16.9. The highest BCUT2D eigenvalue weighted by Gasteiger charge is 2.26.